The van der Waals surface area contributed by atoms with Crippen LogP contribution >= 0.6 is 7.82 Å². The maximum Gasteiger partial charge on any atom is 0.472 e. The van der Waals surface area contributed by atoms with E-state index >= 15 is 0 Å². The molecule has 0 aliphatic carbocycles. The Kier molecular flexibility index (Phi) is 51.1. The van der Waals surface area contributed by atoms with Crippen molar-refractivity contribution in [3.05, 3.63) is 24.3 Å². The zero-order valence-corrected chi connectivity index (χ0v) is 47.7. The largest absolute Gasteiger partial charge is 0.472 e. The maximum atomic E-state index is 13.0. The normalized spacial score (nSPS) is 14.0. The average molecular weight is 997 g/mol. The lowest BCUT2D eigenvalue weighted by Gasteiger charge is -2.25. The zero-order chi connectivity index (χ0) is 50.6. The molecule has 0 radical (unpaired) electrons. The Hall–Kier alpha value is -1.02. The summed E-state index contributed by atoms with van der Waals surface area (Å²) >= 11 is 0. The van der Waals surface area contributed by atoms with Gasteiger partial charge in [-0.25, -0.2) is 4.57 Å². The molecule has 0 aromatic rings. The maximum absolute atomic E-state index is 13.0. The van der Waals surface area contributed by atoms with Gasteiger partial charge in [0.1, 0.15) is 13.2 Å². The number of allylic oxidation sites excluding steroid dienone is 3. The number of nitrogens with one attached hydrogen (secondary N) is 1. The Morgan fingerprint density at radius 1 is 0.478 bits per heavy atom. The molecule has 0 aliphatic rings. The Morgan fingerprint density at radius 2 is 0.797 bits per heavy atom. The van der Waals surface area contributed by atoms with Crippen LogP contribution in [0.2, 0.25) is 0 Å². The number of quaternary nitrogens is 1. The quantitative estimate of drug-likeness (QED) is 0.0243. The lowest BCUT2D eigenvalue weighted by Crippen LogP contribution is -2.45. The monoisotopic (exact) mass is 996 g/mol. The third-order valence-electron chi connectivity index (χ3n) is 13.9. The molecule has 0 aliphatic heterocycles. The van der Waals surface area contributed by atoms with Crippen LogP contribution in [0.5, 0.6) is 0 Å². The first kappa shape index (κ1) is 68.0. The third kappa shape index (κ3) is 54.6. The molecule has 8 nitrogen and oxygen atoms in total. The van der Waals surface area contributed by atoms with Crippen molar-refractivity contribution in [3.8, 4) is 0 Å². The van der Waals surface area contributed by atoms with Gasteiger partial charge in [-0.05, 0) is 32.1 Å². The van der Waals surface area contributed by atoms with Crippen LogP contribution in [0.1, 0.15) is 303 Å². The third-order valence-corrected chi connectivity index (χ3v) is 14.9. The van der Waals surface area contributed by atoms with E-state index in [2.05, 4.69) is 31.3 Å². The second kappa shape index (κ2) is 51.9. The molecule has 0 rings (SSSR count). The number of likely N-dealkylation sites (N-methyl/N-ethyl adjacent to an activating group) is 1. The fourth-order valence-electron chi connectivity index (χ4n) is 9.18. The van der Waals surface area contributed by atoms with E-state index < -0.39 is 20.0 Å². The number of hydrogen-bond acceptors (Lipinski definition) is 5. The fraction of sp³-hybridized carbons (Fsp3) is 0.917. The number of rotatable bonds is 56. The summed E-state index contributed by atoms with van der Waals surface area (Å²) in [4.78, 5) is 23.3. The van der Waals surface area contributed by atoms with E-state index in [0.29, 0.717) is 17.4 Å². The van der Waals surface area contributed by atoms with E-state index in [1.165, 1.54) is 244 Å². The molecule has 0 heterocycles. The standard InChI is InChI=1S/C60H119N2O6P/c1-6-8-10-12-14-16-18-20-22-24-25-26-27-28-29-30-31-32-33-34-35-36-38-39-41-43-45-47-49-51-53-59(63)58(57-68-69(65,66)67-56-55-62(3,4)5)61-60(64)54-52-50-48-46-44-42-40-37-23-21-19-17-15-13-11-9-7-2/h43,45,51,53,58-59,63H,6-42,44,46-50,52,54-57H2,1-5H3,(H-,61,64,65,66)/p+1/b45-43+,53-51+. The van der Waals surface area contributed by atoms with Gasteiger partial charge in [-0.1, -0.05) is 289 Å². The SMILES string of the molecule is CCCCCCCCCCCCCCCCCCCCCCCCCC/C=C/CC/C=C/C(O)C(COP(=O)(O)OCC[N+](C)(C)C)NC(=O)CCCCCCCCCCCCCCCCCCC. The second-order valence-corrected chi connectivity index (χ2v) is 23.5. The van der Waals surface area contributed by atoms with Gasteiger partial charge >= 0.3 is 7.82 Å². The number of phosphoric ester groups is 1. The lowest BCUT2D eigenvalue weighted by molar-refractivity contribution is -0.870. The Balaban J connectivity index is 4.14. The highest BCUT2D eigenvalue weighted by Gasteiger charge is 2.27. The molecule has 3 N–H and O–H groups in total. The molecule has 0 aromatic carbocycles. The smallest absolute Gasteiger partial charge is 0.387 e. The van der Waals surface area contributed by atoms with Gasteiger partial charge in [0.15, 0.2) is 0 Å². The lowest BCUT2D eigenvalue weighted by atomic mass is 10.0. The number of carbonyl (C=O) groups is 1. The van der Waals surface area contributed by atoms with Crippen LogP contribution in [0.3, 0.4) is 0 Å². The van der Waals surface area contributed by atoms with Gasteiger partial charge in [0.05, 0.1) is 39.9 Å². The van der Waals surface area contributed by atoms with Crippen LogP contribution in [-0.4, -0.2) is 73.4 Å². The summed E-state index contributed by atoms with van der Waals surface area (Å²) in [6, 6.07) is -0.860. The number of aliphatic hydroxyl groups excluding tert-OH is 1. The van der Waals surface area contributed by atoms with Crippen molar-refractivity contribution in [2.75, 3.05) is 40.9 Å². The molecule has 9 heteroatoms. The molecule has 0 saturated heterocycles. The van der Waals surface area contributed by atoms with Crippen LogP contribution in [0.25, 0.3) is 0 Å². The van der Waals surface area contributed by atoms with Crippen molar-refractivity contribution in [3.63, 3.8) is 0 Å². The number of unbranched alkanes of at least 4 members (excludes halogenated alkanes) is 41. The van der Waals surface area contributed by atoms with Crippen molar-refractivity contribution < 1.29 is 32.9 Å². The highest BCUT2D eigenvalue weighted by Crippen LogP contribution is 2.43. The van der Waals surface area contributed by atoms with E-state index in [4.69, 9.17) is 9.05 Å². The van der Waals surface area contributed by atoms with Crippen LogP contribution < -0.4 is 5.32 Å². The van der Waals surface area contributed by atoms with E-state index in [-0.39, 0.29) is 19.1 Å². The predicted octanol–water partition coefficient (Wildman–Crippen LogP) is 18.4. The summed E-state index contributed by atoms with van der Waals surface area (Å²) in [5, 5.41) is 13.9. The summed E-state index contributed by atoms with van der Waals surface area (Å²) in [7, 11) is 1.57. The number of nitrogens with zero attached hydrogens (tertiary/aromatic N) is 1. The Labute approximate surface area is 430 Å². The predicted molar refractivity (Wildman–Crippen MR) is 300 cm³/mol. The van der Waals surface area contributed by atoms with Gasteiger partial charge in [0.2, 0.25) is 5.91 Å². The molecule has 0 aromatic heterocycles. The minimum Gasteiger partial charge on any atom is -0.387 e. The highest BCUT2D eigenvalue weighted by atomic mass is 31.2. The number of amides is 1. The van der Waals surface area contributed by atoms with E-state index in [9.17, 15) is 19.4 Å². The highest BCUT2D eigenvalue weighted by molar-refractivity contribution is 7.47. The van der Waals surface area contributed by atoms with Crippen molar-refractivity contribution in [2.45, 2.75) is 315 Å². The molecule has 0 bridgehead atoms. The first-order chi connectivity index (χ1) is 33.5. The minimum atomic E-state index is -4.35. The average Bonchev–Trinajstić information content (AvgIpc) is 3.31. The Bertz CT molecular complexity index is 1170. The van der Waals surface area contributed by atoms with Gasteiger partial charge in [-0.2, -0.15) is 0 Å². The zero-order valence-electron chi connectivity index (χ0n) is 46.8. The fourth-order valence-corrected chi connectivity index (χ4v) is 9.92. The molecule has 0 fully saturated rings. The molecular weight excluding hydrogens is 876 g/mol. The van der Waals surface area contributed by atoms with Crippen molar-refractivity contribution in [1.82, 2.24) is 5.32 Å². The van der Waals surface area contributed by atoms with Crippen molar-refractivity contribution in [2.24, 2.45) is 0 Å². The summed E-state index contributed by atoms with van der Waals surface area (Å²) in [5.41, 5.74) is 0. The number of phosphoric acid groups is 1. The van der Waals surface area contributed by atoms with Crippen molar-refractivity contribution in [1.29, 1.82) is 0 Å². The molecular formula is C60H120N2O6P+. The summed E-state index contributed by atoms with van der Waals surface area (Å²) in [5.74, 6) is -0.181. The molecule has 0 saturated carbocycles. The first-order valence-corrected chi connectivity index (χ1v) is 31.7. The Morgan fingerprint density at radius 3 is 1.16 bits per heavy atom. The van der Waals surface area contributed by atoms with E-state index in [0.717, 1.165) is 38.5 Å². The van der Waals surface area contributed by atoms with Gasteiger partial charge in [-0.15, -0.1) is 0 Å². The molecule has 3 atom stereocenters. The second-order valence-electron chi connectivity index (χ2n) is 22.1. The molecule has 1 amide bonds. The van der Waals surface area contributed by atoms with Gasteiger partial charge in [0, 0.05) is 6.42 Å². The number of aliphatic hydroxyl groups is 1. The summed E-state index contributed by atoms with van der Waals surface area (Å²) in [6.07, 6.45) is 65.9. The van der Waals surface area contributed by atoms with Crippen molar-refractivity contribution >= 4 is 13.7 Å². The van der Waals surface area contributed by atoms with E-state index in [1.807, 2.05) is 27.2 Å². The topological polar surface area (TPSA) is 105 Å². The molecule has 0 spiro atoms. The molecule has 69 heavy (non-hydrogen) atoms. The van der Waals surface area contributed by atoms with Crippen LogP contribution in [-0.2, 0) is 18.4 Å². The van der Waals surface area contributed by atoms with E-state index in [1.54, 1.807) is 6.08 Å². The van der Waals surface area contributed by atoms with Crippen LogP contribution in [0.4, 0.5) is 0 Å². The first-order valence-electron chi connectivity index (χ1n) is 30.2. The minimum absolute atomic E-state index is 0.0588. The van der Waals surface area contributed by atoms with Gasteiger partial charge in [-0.3, -0.25) is 13.8 Å². The summed E-state index contributed by atoms with van der Waals surface area (Å²) in [6.45, 7) is 4.84. The molecule has 410 valence electrons. The molecule has 3 unspecified atom stereocenters. The van der Waals surface area contributed by atoms with Crippen LogP contribution in [0.15, 0.2) is 24.3 Å². The van der Waals surface area contributed by atoms with Gasteiger partial charge in [0.25, 0.3) is 0 Å². The number of hydrogen-bond donors (Lipinski definition) is 3. The van der Waals surface area contributed by atoms with Crippen LogP contribution in [0, 0.1) is 0 Å². The summed E-state index contributed by atoms with van der Waals surface area (Å²) < 4.78 is 23.7. The van der Waals surface area contributed by atoms with Gasteiger partial charge < -0.3 is 19.8 Å². The number of carbonyl (C=O) groups excluding carboxylic acids is 1.